The van der Waals surface area contributed by atoms with E-state index in [1.807, 2.05) is 16.8 Å². The van der Waals surface area contributed by atoms with Gasteiger partial charge in [0.1, 0.15) is 24.1 Å². The third-order valence-electron chi connectivity index (χ3n) is 25.1. The second kappa shape index (κ2) is 36.9. The third-order valence-corrected chi connectivity index (χ3v) is 25.1. The summed E-state index contributed by atoms with van der Waals surface area (Å²) in [5, 5.41) is 0. The largest absolute Gasteiger partial charge is 0.416 e. The van der Waals surface area contributed by atoms with E-state index in [-0.39, 0.29) is 114 Å². The van der Waals surface area contributed by atoms with Gasteiger partial charge < -0.3 is 47.7 Å². The summed E-state index contributed by atoms with van der Waals surface area (Å²) in [4.78, 5) is 32.7. The molecule has 0 N–H and O–H groups in total. The number of alkyl halides is 18. The van der Waals surface area contributed by atoms with Gasteiger partial charge in [-0.15, -0.1) is 0 Å². The van der Waals surface area contributed by atoms with Gasteiger partial charge in [0.25, 0.3) is 0 Å². The van der Waals surface area contributed by atoms with Gasteiger partial charge in [-0.1, -0.05) is 18.2 Å². The van der Waals surface area contributed by atoms with Crippen molar-refractivity contribution in [3.05, 3.63) is 233 Å². The van der Waals surface area contributed by atoms with Gasteiger partial charge in [0, 0.05) is 118 Å². The minimum Gasteiger partial charge on any atom is -0.381 e. The molecule has 7 fully saturated rings. The molecule has 676 valence electrons. The molecule has 9 aliphatic heterocycles. The predicted octanol–water partition coefficient (Wildman–Crippen LogP) is 20.2. The number of benzene rings is 6. The molecule has 0 aromatic heterocycles. The molecule has 6 aromatic rings. The highest BCUT2D eigenvalue weighted by molar-refractivity contribution is 5.93. The number of likely N-dealkylation sites (N-methyl/N-ethyl adjacent to an activating group) is 1. The van der Waals surface area contributed by atoms with Crippen LogP contribution >= 0.6 is 0 Å². The van der Waals surface area contributed by atoms with E-state index in [1.165, 1.54) is 51.1 Å². The second-order valence-electron chi connectivity index (χ2n) is 33.7. The van der Waals surface area contributed by atoms with Crippen molar-refractivity contribution in [1.82, 2.24) is 19.6 Å². The number of carbonyl (C=O) groups excluding carboxylic acids is 2. The summed E-state index contributed by atoms with van der Waals surface area (Å²) in [6, 6.07) is 16.4. The van der Waals surface area contributed by atoms with E-state index in [1.54, 1.807) is 58.0 Å². The zero-order valence-electron chi connectivity index (χ0n) is 68.5. The Labute approximate surface area is 701 Å². The molecule has 0 bridgehead atoms. The van der Waals surface area contributed by atoms with Gasteiger partial charge >= 0.3 is 37.1 Å². The van der Waals surface area contributed by atoms with Crippen molar-refractivity contribution >= 4 is 11.6 Å². The summed E-state index contributed by atoms with van der Waals surface area (Å²) >= 11 is 0. The average molecular weight is 1780 g/mol. The van der Waals surface area contributed by atoms with E-state index in [9.17, 15) is 102 Å². The maximum absolute atomic E-state index is 14.4. The maximum atomic E-state index is 14.4. The molecule has 124 heavy (non-hydrogen) atoms. The average Bonchev–Trinajstić information content (AvgIpc) is 1.62. The number of nitrogens with zero attached hydrogens (tertiary/aromatic N) is 4. The lowest BCUT2D eigenvalue weighted by atomic mass is 9.76. The van der Waals surface area contributed by atoms with Crippen molar-refractivity contribution in [2.45, 2.75) is 159 Å². The van der Waals surface area contributed by atoms with E-state index in [0.717, 1.165) is 48.5 Å². The maximum Gasteiger partial charge on any atom is 0.416 e. The number of hydrogen-bond donors (Lipinski definition) is 0. The minimum absolute atomic E-state index is 0.00299. The molecular weight excluding hydrogens is 1680 g/mol. The number of hydrogen-bond acceptors (Lipinski definition) is 14. The van der Waals surface area contributed by atoms with Gasteiger partial charge in [-0.3, -0.25) is 19.4 Å². The smallest absolute Gasteiger partial charge is 0.381 e. The number of fused-ring (bicyclic) bond motifs is 3. The van der Waals surface area contributed by atoms with E-state index in [4.69, 9.17) is 37.9 Å². The van der Waals surface area contributed by atoms with Crippen molar-refractivity contribution < 1.29 is 140 Å². The molecular formula is C89H93F21N4O10. The molecule has 0 unspecified atom stereocenters. The first-order valence-electron chi connectivity index (χ1n) is 40.6. The normalized spacial score (nSPS) is 26.5. The van der Waals surface area contributed by atoms with Gasteiger partial charge in [-0.2, -0.15) is 79.0 Å². The van der Waals surface area contributed by atoms with Crippen LogP contribution in [-0.4, -0.2) is 162 Å². The predicted molar refractivity (Wildman–Crippen MR) is 407 cm³/mol. The highest BCUT2D eigenvalue weighted by Crippen LogP contribution is 2.53. The first-order chi connectivity index (χ1) is 58.0. The van der Waals surface area contributed by atoms with Gasteiger partial charge in [0.15, 0.2) is 30.4 Å². The van der Waals surface area contributed by atoms with Crippen LogP contribution in [0.5, 0.6) is 0 Å². The summed E-state index contributed by atoms with van der Waals surface area (Å²) in [5.41, 5.74) is -3.25. The Morgan fingerprint density at radius 1 is 0.387 bits per heavy atom. The second-order valence-corrected chi connectivity index (χ2v) is 33.7. The Hall–Kier alpha value is -8.13. The van der Waals surface area contributed by atoms with Crippen molar-refractivity contribution in [2.24, 2.45) is 35.5 Å². The first kappa shape index (κ1) is 93.5. The molecule has 6 aromatic carbocycles. The quantitative estimate of drug-likeness (QED) is 0.0907. The lowest BCUT2D eigenvalue weighted by Crippen LogP contribution is -2.42. The number of carbonyl (C=O) groups is 2. The molecule has 15 rings (SSSR count). The topological polar surface area (TPSA) is 121 Å². The number of halogens is 21. The number of rotatable bonds is 15. The van der Waals surface area contributed by atoms with Crippen LogP contribution in [0.1, 0.15) is 159 Å². The highest BCUT2D eigenvalue weighted by atomic mass is 19.4. The van der Waals surface area contributed by atoms with Crippen molar-refractivity contribution in [3.63, 3.8) is 0 Å². The third kappa shape index (κ3) is 21.6. The Morgan fingerprint density at radius 3 is 1.13 bits per heavy atom. The molecule has 0 radical (unpaired) electrons. The molecule has 35 heteroatoms. The van der Waals surface area contributed by atoms with Crippen LogP contribution in [0, 0.1) is 80.7 Å². The van der Waals surface area contributed by atoms with E-state index >= 15 is 0 Å². The lowest BCUT2D eigenvalue weighted by molar-refractivity contribution is -0.217. The molecule has 14 nitrogen and oxygen atoms in total. The number of ether oxygens (including phenoxy) is 8. The first-order valence-corrected chi connectivity index (χ1v) is 40.6. The molecule has 9 aliphatic rings. The lowest BCUT2D eigenvalue weighted by Gasteiger charge is -2.41. The fraction of sp³-hybridized carbons (Fsp3) is 0.528. The SMILES string of the molecule is Cc1cc(F)ccc1[C@@H]1[C@@H](O[C@H](C)c2cc(C(F)(F)F)cc(C(F)(F)F)c2)OC[C@@H]2CN(C3=CC(=O)CN(C)C3)C[C@H]21.Cc1cc(F)ccc1[C@@H]1[C@@H](O[C@H](C)c2cc(C(F)(F)F)cc(C(F)(F)F)c2)OC[C@@H]2CN(C3CCOCC3)C[C@H]21.Cc1cc([C@@H]2[C@@H](O[C@H](C)c3cc(C(F)(F)F)cc(C(F)(F)F)c3)OC[C@@H]3CN(C4=CC(=O)COC4)C[C@H]32)c(C)cc1F. The van der Waals surface area contributed by atoms with Crippen LogP contribution in [0.15, 0.2) is 127 Å². The minimum atomic E-state index is -5.00. The molecule has 0 saturated carbocycles. The fourth-order valence-corrected chi connectivity index (χ4v) is 18.8. The summed E-state index contributed by atoms with van der Waals surface area (Å²) in [5.74, 6) is -2.89. The molecule has 0 spiro atoms. The summed E-state index contributed by atoms with van der Waals surface area (Å²) in [6.45, 7) is 18.1. The molecule has 7 saturated heterocycles. The fourth-order valence-electron chi connectivity index (χ4n) is 18.8. The van der Waals surface area contributed by atoms with Crippen molar-refractivity contribution in [3.8, 4) is 0 Å². The van der Waals surface area contributed by atoms with E-state index in [0.29, 0.717) is 129 Å². The number of likely N-dealkylation sites (tertiary alicyclic amines) is 3. The van der Waals surface area contributed by atoms with Gasteiger partial charge in [-0.25, -0.2) is 13.2 Å². The van der Waals surface area contributed by atoms with Crippen LogP contribution in [-0.2, 0) is 84.5 Å². The Balaban J connectivity index is 0.000000160. The van der Waals surface area contributed by atoms with E-state index < -0.39 is 137 Å². The van der Waals surface area contributed by atoms with E-state index in [2.05, 4.69) is 9.80 Å². The van der Waals surface area contributed by atoms with Gasteiger partial charge in [-0.05, 0) is 233 Å². The van der Waals surface area contributed by atoms with Crippen molar-refractivity contribution in [2.75, 3.05) is 106 Å². The molecule has 0 amide bonds. The zero-order chi connectivity index (χ0) is 89.9. The van der Waals surface area contributed by atoms with Gasteiger partial charge in [0.2, 0.25) is 0 Å². The zero-order valence-corrected chi connectivity index (χ0v) is 68.5. The highest BCUT2D eigenvalue weighted by Gasteiger charge is 2.53. The number of aryl methyl sites for hydroxylation is 4. The molecule has 9 heterocycles. The van der Waals surface area contributed by atoms with Crippen molar-refractivity contribution in [1.29, 1.82) is 0 Å². The summed E-state index contributed by atoms with van der Waals surface area (Å²) < 4.78 is 333. The summed E-state index contributed by atoms with van der Waals surface area (Å²) in [6.07, 6.45) is -31.5. The summed E-state index contributed by atoms with van der Waals surface area (Å²) in [7, 11) is 1.85. The monoisotopic (exact) mass is 1780 g/mol. The number of ketones is 2. The van der Waals surface area contributed by atoms with Crippen LogP contribution in [0.25, 0.3) is 0 Å². The van der Waals surface area contributed by atoms with Crippen LogP contribution in [0.3, 0.4) is 0 Å². The standard InChI is InChI=1S/C30H31F7N2O3.C30H30F7NO4.C29H32F7NO3/c1-16-6-22(31)4-5-25(16)27-26-14-39(23-10-24(40)13-38(3)12-23)11-19(26)15-41-28(27)42-17(2)18-7-20(29(32,33)34)9-21(8-18)30(35,36)37;1-15-5-26(31)16(2)4-24(15)27-25-11-38(22-9-23(39)14-40-13-22)10-19(25)12-41-28(27)42-17(3)18-6-20(29(32,33)34)8-21(7-18)30(35,36)37;1-16-9-22(30)3-4-24(16)26-25-14-37(23-5-7-38-8-6-23)13-19(25)15-39-27(26)40-17(2)18-10-20(28(31,32)33)12-21(11-18)29(34,35)36/h4-10,17,19,26-28H,11-15H2,1-3H3;4-9,17,19,25,27-28H,10-14H2,1-3H3;3-4,9-12,17,19,23,25-27H,5-8,13-15H2,1-2H3/t17-,19+,26-,27+,28-;17-,19+,25-,27+,28-;17-,19+,25-,26+,27-/m111/s1. The van der Waals surface area contributed by atoms with Crippen LogP contribution < -0.4 is 0 Å². The van der Waals surface area contributed by atoms with Crippen LogP contribution in [0.4, 0.5) is 92.2 Å². The molecule has 0 aliphatic carbocycles. The Bertz CT molecular complexity index is 4810. The van der Waals surface area contributed by atoms with Crippen LogP contribution in [0.2, 0.25) is 0 Å². The molecule has 15 atom stereocenters. The Morgan fingerprint density at radius 2 is 0.750 bits per heavy atom. The Kier molecular flexibility index (Phi) is 27.8. The van der Waals surface area contributed by atoms with Gasteiger partial charge in [0.05, 0.1) is 84.7 Å².